The van der Waals surface area contributed by atoms with Crippen LogP contribution in [-0.2, 0) is 0 Å². The van der Waals surface area contributed by atoms with Crippen LogP contribution in [0.25, 0.3) is 0 Å². The van der Waals surface area contributed by atoms with Crippen LogP contribution >= 0.6 is 0 Å². The number of hydrogen-bond acceptors (Lipinski definition) is 3. The quantitative estimate of drug-likeness (QED) is 0.862. The lowest BCUT2D eigenvalue weighted by molar-refractivity contribution is 0.103. The van der Waals surface area contributed by atoms with Crippen molar-refractivity contribution < 1.29 is 14.3 Å². The Morgan fingerprint density at radius 2 is 1.74 bits per heavy atom. The summed E-state index contributed by atoms with van der Waals surface area (Å²) in [5.41, 5.74) is 0.307. The van der Waals surface area contributed by atoms with Gasteiger partial charge < -0.3 is 10.0 Å². The average Bonchev–Trinajstić information content (AvgIpc) is 2.39. The lowest BCUT2D eigenvalue weighted by Crippen LogP contribution is -2.14. The molecule has 0 fully saturated rings. The molecule has 0 unspecified atom stereocenters. The topological polar surface area (TPSA) is 40.5 Å². The van der Waals surface area contributed by atoms with Gasteiger partial charge in [0.1, 0.15) is 11.3 Å². The number of aromatic hydroxyl groups is 1. The molecule has 2 rings (SSSR count). The van der Waals surface area contributed by atoms with E-state index in [-0.39, 0.29) is 17.0 Å². The minimum absolute atomic E-state index is 0.261. The SMILES string of the molecule is CN(C)c1ccc(O)c(C(=O)c2ccccc2)c1F. The molecule has 0 saturated heterocycles. The second kappa shape index (κ2) is 5.10. The first-order chi connectivity index (χ1) is 9.02. The van der Waals surface area contributed by atoms with Gasteiger partial charge in [-0.25, -0.2) is 4.39 Å². The van der Waals surface area contributed by atoms with E-state index in [2.05, 4.69) is 0 Å². The van der Waals surface area contributed by atoms with Crippen molar-refractivity contribution in [3.63, 3.8) is 0 Å². The second-order valence-electron chi connectivity index (χ2n) is 4.38. The van der Waals surface area contributed by atoms with Gasteiger partial charge in [0.15, 0.2) is 11.6 Å². The lowest BCUT2D eigenvalue weighted by Gasteiger charge is -2.16. The molecule has 19 heavy (non-hydrogen) atoms. The van der Waals surface area contributed by atoms with E-state index < -0.39 is 11.6 Å². The van der Waals surface area contributed by atoms with Crippen LogP contribution < -0.4 is 4.90 Å². The molecule has 0 spiro atoms. The highest BCUT2D eigenvalue weighted by atomic mass is 19.1. The maximum Gasteiger partial charge on any atom is 0.199 e. The van der Waals surface area contributed by atoms with Crippen LogP contribution in [0, 0.1) is 5.82 Å². The highest BCUT2D eigenvalue weighted by Gasteiger charge is 2.21. The van der Waals surface area contributed by atoms with Crippen molar-refractivity contribution in [2.75, 3.05) is 19.0 Å². The minimum Gasteiger partial charge on any atom is -0.507 e. The number of phenolic OH excluding ortho intramolecular Hbond substituents is 1. The number of halogens is 1. The fourth-order valence-corrected chi connectivity index (χ4v) is 1.85. The first-order valence-electron chi connectivity index (χ1n) is 5.81. The van der Waals surface area contributed by atoms with E-state index in [4.69, 9.17) is 0 Å². The van der Waals surface area contributed by atoms with Crippen LogP contribution in [0.1, 0.15) is 15.9 Å². The van der Waals surface area contributed by atoms with E-state index in [1.165, 1.54) is 12.1 Å². The van der Waals surface area contributed by atoms with Crippen LogP contribution in [0.15, 0.2) is 42.5 Å². The normalized spacial score (nSPS) is 10.3. The molecule has 0 aliphatic carbocycles. The van der Waals surface area contributed by atoms with E-state index in [0.717, 1.165) is 0 Å². The standard InChI is InChI=1S/C15H14FNO2/c1-17(2)11-8-9-12(18)13(14(11)16)15(19)10-6-4-3-5-7-10/h3-9,18H,1-2H3. The van der Waals surface area contributed by atoms with E-state index in [0.29, 0.717) is 5.56 Å². The van der Waals surface area contributed by atoms with E-state index in [1.807, 2.05) is 0 Å². The number of phenols is 1. The number of benzene rings is 2. The number of ketones is 1. The van der Waals surface area contributed by atoms with Crippen molar-refractivity contribution in [1.82, 2.24) is 0 Å². The van der Waals surface area contributed by atoms with Crippen molar-refractivity contribution in [3.05, 3.63) is 59.4 Å². The Hall–Kier alpha value is -2.36. The van der Waals surface area contributed by atoms with Gasteiger partial charge >= 0.3 is 0 Å². The molecule has 3 nitrogen and oxygen atoms in total. The Balaban J connectivity index is 2.56. The molecule has 0 aliphatic heterocycles. The summed E-state index contributed by atoms with van der Waals surface area (Å²) in [4.78, 5) is 13.8. The van der Waals surface area contributed by atoms with Crippen molar-refractivity contribution in [2.24, 2.45) is 0 Å². The van der Waals surface area contributed by atoms with E-state index >= 15 is 0 Å². The number of nitrogens with zero attached hydrogens (tertiary/aromatic N) is 1. The van der Waals surface area contributed by atoms with Crippen molar-refractivity contribution in [3.8, 4) is 5.75 Å². The van der Waals surface area contributed by atoms with Crippen molar-refractivity contribution in [2.45, 2.75) is 0 Å². The average molecular weight is 259 g/mol. The monoisotopic (exact) mass is 259 g/mol. The molecule has 2 aromatic carbocycles. The van der Waals surface area contributed by atoms with Crippen LogP contribution in [-0.4, -0.2) is 25.0 Å². The second-order valence-corrected chi connectivity index (χ2v) is 4.38. The summed E-state index contributed by atoms with van der Waals surface area (Å²) in [6.07, 6.45) is 0. The Kier molecular flexibility index (Phi) is 3.51. The van der Waals surface area contributed by atoms with Gasteiger partial charge in [-0.05, 0) is 12.1 Å². The predicted octanol–water partition coefficient (Wildman–Crippen LogP) is 2.83. The Morgan fingerprint density at radius 1 is 1.11 bits per heavy atom. The molecule has 0 amide bonds. The van der Waals surface area contributed by atoms with Gasteiger partial charge in [0.2, 0.25) is 0 Å². The van der Waals surface area contributed by atoms with Gasteiger partial charge in [-0.15, -0.1) is 0 Å². The molecule has 0 radical (unpaired) electrons. The summed E-state index contributed by atoms with van der Waals surface area (Å²) in [6.45, 7) is 0. The number of carbonyl (C=O) groups is 1. The Bertz CT molecular complexity index is 609. The molecule has 0 bridgehead atoms. The largest absolute Gasteiger partial charge is 0.507 e. The summed E-state index contributed by atoms with van der Waals surface area (Å²) in [7, 11) is 3.35. The zero-order valence-corrected chi connectivity index (χ0v) is 10.7. The summed E-state index contributed by atoms with van der Waals surface area (Å²) < 4.78 is 14.3. The van der Waals surface area contributed by atoms with Gasteiger partial charge in [-0.3, -0.25) is 4.79 Å². The molecule has 0 aliphatic rings. The lowest BCUT2D eigenvalue weighted by atomic mass is 10.0. The molecular formula is C15H14FNO2. The smallest absolute Gasteiger partial charge is 0.199 e. The zero-order valence-electron chi connectivity index (χ0n) is 10.7. The van der Waals surface area contributed by atoms with Crippen molar-refractivity contribution >= 4 is 11.5 Å². The first-order valence-corrected chi connectivity index (χ1v) is 5.81. The maximum absolute atomic E-state index is 14.3. The molecule has 0 atom stereocenters. The first kappa shape index (κ1) is 13.1. The summed E-state index contributed by atoms with van der Waals surface area (Å²) in [5, 5.41) is 9.75. The minimum atomic E-state index is -0.709. The molecule has 98 valence electrons. The molecule has 2 aromatic rings. The highest BCUT2D eigenvalue weighted by molar-refractivity contribution is 6.11. The van der Waals surface area contributed by atoms with Crippen molar-refractivity contribution in [1.29, 1.82) is 0 Å². The van der Waals surface area contributed by atoms with Crippen LogP contribution in [0.4, 0.5) is 10.1 Å². The van der Waals surface area contributed by atoms with Gasteiger partial charge in [-0.1, -0.05) is 30.3 Å². The summed E-state index contributed by atoms with van der Waals surface area (Å²) in [5.74, 6) is -1.59. The molecule has 4 heteroatoms. The zero-order chi connectivity index (χ0) is 14.0. The Morgan fingerprint density at radius 3 is 2.32 bits per heavy atom. The van der Waals surface area contributed by atoms with E-state index in [1.54, 1.807) is 49.3 Å². The van der Waals surface area contributed by atoms with Crippen LogP contribution in [0.2, 0.25) is 0 Å². The summed E-state index contributed by atoms with van der Waals surface area (Å²) in [6, 6.07) is 11.1. The number of carbonyl (C=O) groups excluding carboxylic acids is 1. The summed E-state index contributed by atoms with van der Waals surface area (Å²) >= 11 is 0. The third kappa shape index (κ3) is 2.42. The number of rotatable bonds is 3. The highest BCUT2D eigenvalue weighted by Crippen LogP contribution is 2.29. The molecular weight excluding hydrogens is 245 g/mol. The molecule has 0 saturated carbocycles. The van der Waals surface area contributed by atoms with Crippen LogP contribution in [0.5, 0.6) is 5.75 Å². The predicted molar refractivity (Wildman–Crippen MR) is 72.3 cm³/mol. The van der Waals surface area contributed by atoms with Gasteiger partial charge in [0.05, 0.1) is 5.69 Å². The molecule has 0 heterocycles. The number of hydrogen-bond donors (Lipinski definition) is 1. The van der Waals surface area contributed by atoms with Gasteiger partial charge in [0, 0.05) is 19.7 Å². The fourth-order valence-electron chi connectivity index (χ4n) is 1.85. The third-order valence-electron chi connectivity index (χ3n) is 2.84. The number of anilines is 1. The van der Waals surface area contributed by atoms with E-state index in [9.17, 15) is 14.3 Å². The third-order valence-corrected chi connectivity index (χ3v) is 2.84. The Labute approximate surface area is 110 Å². The maximum atomic E-state index is 14.3. The van der Waals surface area contributed by atoms with Gasteiger partial charge in [-0.2, -0.15) is 0 Å². The van der Waals surface area contributed by atoms with Gasteiger partial charge in [0.25, 0.3) is 0 Å². The molecule has 0 aromatic heterocycles. The fraction of sp³-hybridized carbons (Fsp3) is 0.133. The van der Waals surface area contributed by atoms with Crippen LogP contribution in [0.3, 0.4) is 0 Å². The molecule has 1 N–H and O–H groups in total.